The van der Waals surface area contributed by atoms with Crippen molar-refractivity contribution in [3.8, 4) is 33.8 Å². The Balaban J connectivity index is 1.51. The second-order valence-corrected chi connectivity index (χ2v) is 10.5. The summed E-state index contributed by atoms with van der Waals surface area (Å²) >= 11 is 6.94. The van der Waals surface area contributed by atoms with E-state index in [0.29, 0.717) is 0 Å². The smallest absolute Gasteiger partial charge is 0.140 e. The van der Waals surface area contributed by atoms with Crippen LogP contribution in [0, 0.1) is 0 Å². The van der Waals surface area contributed by atoms with Gasteiger partial charge in [0.05, 0.1) is 5.41 Å². The topological polar surface area (TPSA) is 9.23 Å². The molecule has 2 heteroatoms. The van der Waals surface area contributed by atoms with Crippen molar-refractivity contribution in [3.05, 3.63) is 142 Å². The van der Waals surface area contributed by atoms with Gasteiger partial charge in [-0.1, -0.05) is 96.5 Å². The molecule has 8 rings (SSSR count). The number of hydrogen-bond donors (Lipinski definition) is 0. The van der Waals surface area contributed by atoms with Gasteiger partial charge in [0.1, 0.15) is 11.5 Å². The van der Waals surface area contributed by atoms with Crippen LogP contribution < -0.4 is 4.74 Å². The molecule has 36 heavy (non-hydrogen) atoms. The van der Waals surface area contributed by atoms with E-state index in [2.05, 4.69) is 103 Å². The standard InChI is InChI=1S/C34H23ClO/c35-24-19-27(23-17-16-21-8-7-9-22(21)18-23)33-31(20-24)34(30-14-5-6-15-32(30)36-33)28-12-3-1-10-25(28)26-11-2-4-13-29(26)34/h1-6,10-20H,7-9H2. The number of rotatable bonds is 1. The summed E-state index contributed by atoms with van der Waals surface area (Å²) in [4.78, 5) is 0. The number of hydrogen-bond acceptors (Lipinski definition) is 1. The van der Waals surface area contributed by atoms with Crippen LogP contribution >= 0.6 is 11.6 Å². The molecule has 1 heterocycles. The Bertz CT molecular complexity index is 1670. The van der Waals surface area contributed by atoms with E-state index in [1.807, 2.05) is 0 Å². The van der Waals surface area contributed by atoms with Crippen molar-refractivity contribution in [2.45, 2.75) is 24.7 Å². The normalized spacial score (nSPS) is 15.5. The number of benzene rings is 5. The third-order valence-electron chi connectivity index (χ3n) is 8.32. The number of ether oxygens (including phenoxy) is 1. The van der Waals surface area contributed by atoms with Crippen molar-refractivity contribution in [2.75, 3.05) is 0 Å². The molecule has 0 atom stereocenters. The first-order chi connectivity index (χ1) is 17.7. The molecule has 0 amide bonds. The van der Waals surface area contributed by atoms with Crippen molar-refractivity contribution in [1.82, 2.24) is 0 Å². The molecular weight excluding hydrogens is 460 g/mol. The minimum Gasteiger partial charge on any atom is -0.456 e. The second kappa shape index (κ2) is 7.35. The highest BCUT2D eigenvalue weighted by atomic mass is 35.5. The van der Waals surface area contributed by atoms with E-state index in [0.717, 1.165) is 39.6 Å². The second-order valence-electron chi connectivity index (χ2n) is 10.1. The lowest BCUT2D eigenvalue weighted by atomic mass is 9.65. The van der Waals surface area contributed by atoms with E-state index in [1.165, 1.54) is 51.8 Å². The van der Waals surface area contributed by atoms with Crippen LogP contribution in [0.2, 0.25) is 5.02 Å². The van der Waals surface area contributed by atoms with E-state index < -0.39 is 5.41 Å². The predicted molar refractivity (Wildman–Crippen MR) is 146 cm³/mol. The largest absolute Gasteiger partial charge is 0.456 e. The number of fused-ring (bicyclic) bond motifs is 10. The van der Waals surface area contributed by atoms with Gasteiger partial charge in [0.15, 0.2) is 0 Å². The van der Waals surface area contributed by atoms with Gasteiger partial charge < -0.3 is 4.74 Å². The van der Waals surface area contributed by atoms with Crippen LogP contribution in [-0.4, -0.2) is 0 Å². The molecule has 5 aromatic rings. The zero-order valence-corrected chi connectivity index (χ0v) is 20.5. The first-order valence-electron chi connectivity index (χ1n) is 12.7. The molecule has 2 aliphatic carbocycles. The summed E-state index contributed by atoms with van der Waals surface area (Å²) in [6, 6.07) is 37.2. The van der Waals surface area contributed by atoms with Gasteiger partial charge in [-0.2, -0.15) is 0 Å². The minimum atomic E-state index is -0.492. The molecule has 0 bridgehead atoms. The monoisotopic (exact) mass is 482 g/mol. The minimum absolute atomic E-state index is 0.492. The molecular formula is C34H23ClO. The fraction of sp³-hybridized carbons (Fsp3) is 0.118. The molecule has 3 aliphatic rings. The first-order valence-corrected chi connectivity index (χ1v) is 13.1. The van der Waals surface area contributed by atoms with Crippen molar-refractivity contribution < 1.29 is 4.74 Å². The summed E-state index contributed by atoms with van der Waals surface area (Å²) < 4.78 is 6.80. The number of halogens is 1. The quantitative estimate of drug-likeness (QED) is 0.227. The zero-order chi connectivity index (χ0) is 23.9. The van der Waals surface area contributed by atoms with Crippen LogP contribution in [0.1, 0.15) is 39.8 Å². The third-order valence-corrected chi connectivity index (χ3v) is 8.54. The zero-order valence-electron chi connectivity index (χ0n) is 19.7. The van der Waals surface area contributed by atoms with Crippen molar-refractivity contribution in [1.29, 1.82) is 0 Å². The fourth-order valence-electron chi connectivity index (χ4n) is 6.87. The van der Waals surface area contributed by atoms with Gasteiger partial charge >= 0.3 is 0 Å². The van der Waals surface area contributed by atoms with Gasteiger partial charge in [-0.25, -0.2) is 0 Å². The van der Waals surface area contributed by atoms with Gasteiger partial charge in [0.2, 0.25) is 0 Å². The highest BCUT2D eigenvalue weighted by Gasteiger charge is 2.51. The summed E-state index contributed by atoms with van der Waals surface area (Å²) in [5, 5.41) is 0.730. The van der Waals surface area contributed by atoms with Gasteiger partial charge in [0.25, 0.3) is 0 Å². The number of para-hydroxylation sites is 1. The molecule has 0 unspecified atom stereocenters. The summed E-state index contributed by atoms with van der Waals surface area (Å²) in [6.07, 6.45) is 3.54. The van der Waals surface area contributed by atoms with E-state index in [1.54, 1.807) is 0 Å². The summed E-state index contributed by atoms with van der Waals surface area (Å²) in [7, 11) is 0. The van der Waals surface area contributed by atoms with Gasteiger partial charge in [-0.05, 0) is 76.4 Å². The average molecular weight is 483 g/mol. The molecule has 172 valence electrons. The summed E-state index contributed by atoms with van der Waals surface area (Å²) in [5.74, 6) is 1.81. The van der Waals surface area contributed by atoms with Crippen LogP contribution in [0.25, 0.3) is 22.3 Å². The van der Waals surface area contributed by atoms with Crippen LogP contribution in [0.3, 0.4) is 0 Å². The SMILES string of the molecule is Clc1cc(-c2ccc3c(c2)CCC3)c2c(c1)C1(c3ccccc3O2)c2ccccc2-c2ccccc21. The lowest BCUT2D eigenvalue weighted by Crippen LogP contribution is -2.32. The molecule has 0 fully saturated rings. The fourth-order valence-corrected chi connectivity index (χ4v) is 7.09. The van der Waals surface area contributed by atoms with E-state index in [9.17, 15) is 0 Å². The van der Waals surface area contributed by atoms with E-state index in [-0.39, 0.29) is 0 Å². The molecule has 1 aliphatic heterocycles. The molecule has 1 nitrogen and oxygen atoms in total. The maximum atomic E-state index is 6.94. The lowest BCUT2D eigenvalue weighted by molar-refractivity contribution is 0.438. The van der Waals surface area contributed by atoms with Crippen LogP contribution in [0.15, 0.2) is 103 Å². The Labute approximate surface area is 216 Å². The van der Waals surface area contributed by atoms with Crippen LogP contribution in [-0.2, 0) is 18.3 Å². The highest BCUT2D eigenvalue weighted by Crippen LogP contribution is 2.63. The van der Waals surface area contributed by atoms with Gasteiger partial charge in [0, 0.05) is 21.7 Å². The molecule has 0 radical (unpaired) electrons. The maximum Gasteiger partial charge on any atom is 0.140 e. The molecule has 0 saturated heterocycles. The van der Waals surface area contributed by atoms with E-state index in [4.69, 9.17) is 16.3 Å². The van der Waals surface area contributed by atoms with E-state index >= 15 is 0 Å². The Kier molecular flexibility index (Phi) is 4.16. The molecule has 0 saturated carbocycles. The Morgan fingerprint density at radius 3 is 2.03 bits per heavy atom. The van der Waals surface area contributed by atoms with Crippen molar-refractivity contribution in [3.63, 3.8) is 0 Å². The molecule has 5 aromatic carbocycles. The highest BCUT2D eigenvalue weighted by molar-refractivity contribution is 6.31. The van der Waals surface area contributed by atoms with Crippen LogP contribution in [0.4, 0.5) is 0 Å². The average Bonchev–Trinajstić information content (AvgIpc) is 3.50. The predicted octanol–water partition coefficient (Wildman–Crippen LogP) is 8.96. The summed E-state index contributed by atoms with van der Waals surface area (Å²) in [5.41, 5.74) is 12.0. The van der Waals surface area contributed by atoms with Gasteiger partial charge in [-0.15, -0.1) is 0 Å². The van der Waals surface area contributed by atoms with Gasteiger partial charge in [-0.3, -0.25) is 0 Å². The molecule has 0 aromatic heterocycles. The Morgan fingerprint density at radius 2 is 1.25 bits per heavy atom. The molecule has 1 spiro atoms. The van der Waals surface area contributed by atoms with Crippen LogP contribution in [0.5, 0.6) is 11.5 Å². The van der Waals surface area contributed by atoms with Crippen molar-refractivity contribution in [2.24, 2.45) is 0 Å². The third kappa shape index (κ3) is 2.56. The Hall–Kier alpha value is -3.81. The van der Waals surface area contributed by atoms with Crippen molar-refractivity contribution >= 4 is 11.6 Å². The first kappa shape index (κ1) is 20.4. The lowest BCUT2D eigenvalue weighted by Gasteiger charge is -2.40. The summed E-state index contributed by atoms with van der Waals surface area (Å²) in [6.45, 7) is 0. The number of aryl methyl sites for hydroxylation is 2. The Morgan fingerprint density at radius 1 is 0.583 bits per heavy atom. The molecule has 0 N–H and O–H groups in total. The maximum absolute atomic E-state index is 6.94.